The van der Waals surface area contributed by atoms with Gasteiger partial charge in [0.05, 0.1) is 7.11 Å². The van der Waals surface area contributed by atoms with Crippen molar-refractivity contribution >= 4 is 5.96 Å². The van der Waals surface area contributed by atoms with Gasteiger partial charge < -0.3 is 20.1 Å². The van der Waals surface area contributed by atoms with Crippen LogP contribution in [0.3, 0.4) is 0 Å². The molecule has 2 aromatic carbocycles. The van der Waals surface area contributed by atoms with Crippen LogP contribution in [0.1, 0.15) is 11.3 Å². The smallest absolute Gasteiger partial charge is 0.190 e. The third-order valence-corrected chi connectivity index (χ3v) is 4.55. The molecule has 6 nitrogen and oxygen atoms in total. The quantitative estimate of drug-likeness (QED) is 0.419. The van der Waals surface area contributed by atoms with Crippen LogP contribution in [-0.4, -0.2) is 38.2 Å². The highest BCUT2D eigenvalue weighted by Crippen LogP contribution is 2.24. The van der Waals surface area contributed by atoms with E-state index in [2.05, 4.69) is 32.7 Å². The van der Waals surface area contributed by atoms with Crippen LogP contribution in [0.5, 0.6) is 17.2 Å². The zero-order valence-corrected chi connectivity index (χ0v) is 17.5. The van der Waals surface area contributed by atoms with E-state index in [4.69, 9.17) is 9.47 Å². The average Bonchev–Trinajstić information content (AvgIpc) is 2.80. The lowest BCUT2D eigenvalue weighted by Gasteiger charge is -2.12. The molecule has 3 aromatic rings. The van der Waals surface area contributed by atoms with Crippen molar-refractivity contribution < 1.29 is 9.47 Å². The largest absolute Gasteiger partial charge is 0.497 e. The number of aromatic nitrogens is 1. The topological polar surface area (TPSA) is 67.8 Å². The summed E-state index contributed by atoms with van der Waals surface area (Å²) in [5.41, 5.74) is 2.30. The lowest BCUT2D eigenvalue weighted by molar-refractivity contribution is 0.413. The maximum atomic E-state index is 5.87. The number of nitrogens with zero attached hydrogens (tertiary/aromatic N) is 2. The van der Waals surface area contributed by atoms with Gasteiger partial charge in [-0.1, -0.05) is 18.2 Å². The van der Waals surface area contributed by atoms with E-state index >= 15 is 0 Å². The summed E-state index contributed by atoms with van der Waals surface area (Å²) in [4.78, 5) is 8.60. The molecular weight excluding hydrogens is 376 g/mol. The molecule has 0 spiro atoms. The molecular formula is C24H28N4O2. The molecule has 0 saturated heterocycles. The predicted molar refractivity (Wildman–Crippen MR) is 121 cm³/mol. The number of rotatable bonds is 9. The zero-order valence-electron chi connectivity index (χ0n) is 17.5. The van der Waals surface area contributed by atoms with E-state index < -0.39 is 0 Å². The first-order valence-electron chi connectivity index (χ1n) is 10.0. The van der Waals surface area contributed by atoms with Crippen molar-refractivity contribution in [2.24, 2.45) is 4.99 Å². The molecule has 0 aliphatic rings. The van der Waals surface area contributed by atoms with E-state index in [0.717, 1.165) is 54.8 Å². The molecule has 30 heavy (non-hydrogen) atoms. The standard InChI is InChI=1S/C24H28N4O2/c1-25-24(28-18-15-20-5-3-4-16-26-20)27-17-14-19-6-8-22(9-7-19)30-23-12-10-21(29-2)11-13-23/h3-13,16H,14-15,17-18H2,1-2H3,(H2,25,27,28). The van der Waals surface area contributed by atoms with Gasteiger partial charge in [0.25, 0.3) is 0 Å². The van der Waals surface area contributed by atoms with E-state index in [0.29, 0.717) is 0 Å². The highest BCUT2D eigenvalue weighted by Gasteiger charge is 2.01. The van der Waals surface area contributed by atoms with Gasteiger partial charge in [-0.3, -0.25) is 9.98 Å². The normalized spacial score (nSPS) is 11.1. The van der Waals surface area contributed by atoms with Crippen molar-refractivity contribution in [3.05, 3.63) is 84.2 Å². The van der Waals surface area contributed by atoms with Gasteiger partial charge in [0, 0.05) is 38.4 Å². The van der Waals surface area contributed by atoms with Gasteiger partial charge in [-0.15, -0.1) is 0 Å². The van der Waals surface area contributed by atoms with Crippen LogP contribution >= 0.6 is 0 Å². The Morgan fingerprint density at radius 1 is 0.833 bits per heavy atom. The summed E-state index contributed by atoms with van der Waals surface area (Å²) in [6, 6.07) is 21.6. The number of nitrogens with one attached hydrogen (secondary N) is 2. The Labute approximate surface area is 178 Å². The molecule has 0 aliphatic carbocycles. The number of benzene rings is 2. The summed E-state index contributed by atoms with van der Waals surface area (Å²) >= 11 is 0. The van der Waals surface area contributed by atoms with Crippen LogP contribution in [-0.2, 0) is 12.8 Å². The zero-order chi connectivity index (χ0) is 21.0. The molecule has 0 atom stereocenters. The number of pyridine rings is 1. The highest BCUT2D eigenvalue weighted by atomic mass is 16.5. The molecule has 0 fully saturated rings. The van der Waals surface area contributed by atoms with Crippen LogP contribution < -0.4 is 20.1 Å². The Hall–Kier alpha value is -3.54. The minimum Gasteiger partial charge on any atom is -0.497 e. The number of methoxy groups -OCH3 is 1. The third-order valence-electron chi connectivity index (χ3n) is 4.55. The number of hydrogen-bond donors (Lipinski definition) is 2. The van der Waals surface area contributed by atoms with Crippen molar-refractivity contribution in [1.82, 2.24) is 15.6 Å². The Kier molecular flexibility index (Phi) is 8.09. The van der Waals surface area contributed by atoms with Crippen molar-refractivity contribution in [3.63, 3.8) is 0 Å². The molecule has 0 saturated carbocycles. The molecule has 2 N–H and O–H groups in total. The maximum Gasteiger partial charge on any atom is 0.190 e. The summed E-state index contributed by atoms with van der Waals surface area (Å²) in [6.07, 6.45) is 3.57. The fourth-order valence-electron chi connectivity index (χ4n) is 2.90. The lowest BCUT2D eigenvalue weighted by Crippen LogP contribution is -2.39. The summed E-state index contributed by atoms with van der Waals surface area (Å²) in [6.45, 7) is 1.58. The van der Waals surface area contributed by atoms with Crippen LogP contribution in [0.25, 0.3) is 0 Å². The fourth-order valence-corrected chi connectivity index (χ4v) is 2.90. The molecule has 1 aromatic heterocycles. The molecule has 0 unspecified atom stereocenters. The average molecular weight is 405 g/mol. The molecule has 0 aliphatic heterocycles. The van der Waals surface area contributed by atoms with Gasteiger partial charge in [0.1, 0.15) is 17.2 Å². The maximum absolute atomic E-state index is 5.87. The van der Waals surface area contributed by atoms with Gasteiger partial charge >= 0.3 is 0 Å². The number of ether oxygens (including phenoxy) is 2. The Morgan fingerprint density at radius 3 is 2.07 bits per heavy atom. The van der Waals surface area contributed by atoms with Crippen molar-refractivity contribution in [3.8, 4) is 17.2 Å². The number of hydrogen-bond acceptors (Lipinski definition) is 4. The molecule has 3 rings (SSSR count). The fraction of sp³-hybridized carbons (Fsp3) is 0.250. The molecule has 0 radical (unpaired) electrons. The summed E-state index contributed by atoms with van der Waals surface area (Å²) in [5, 5.41) is 6.66. The molecule has 156 valence electrons. The van der Waals surface area contributed by atoms with E-state index in [1.54, 1.807) is 14.2 Å². The monoisotopic (exact) mass is 404 g/mol. The third kappa shape index (κ3) is 6.81. The van der Waals surface area contributed by atoms with Crippen LogP contribution in [0.15, 0.2) is 77.9 Å². The van der Waals surface area contributed by atoms with Crippen molar-refractivity contribution in [2.75, 3.05) is 27.2 Å². The summed E-state index contributed by atoms with van der Waals surface area (Å²) in [5.74, 6) is 3.20. The highest BCUT2D eigenvalue weighted by molar-refractivity contribution is 5.79. The molecule has 1 heterocycles. The van der Waals surface area contributed by atoms with Crippen LogP contribution in [0.4, 0.5) is 0 Å². The van der Waals surface area contributed by atoms with Crippen molar-refractivity contribution in [1.29, 1.82) is 0 Å². The molecule has 6 heteroatoms. The first-order chi connectivity index (χ1) is 14.8. The minimum absolute atomic E-state index is 0.783. The Morgan fingerprint density at radius 2 is 1.47 bits per heavy atom. The van der Waals surface area contributed by atoms with Gasteiger partial charge in [0.2, 0.25) is 0 Å². The molecule has 0 bridgehead atoms. The summed E-state index contributed by atoms with van der Waals surface area (Å²) < 4.78 is 11.0. The molecule has 0 amide bonds. The van der Waals surface area contributed by atoms with Gasteiger partial charge in [0.15, 0.2) is 5.96 Å². The first-order valence-corrected chi connectivity index (χ1v) is 10.0. The Balaban J connectivity index is 1.39. The predicted octanol–water partition coefficient (Wildman–Crippen LogP) is 3.83. The van der Waals surface area contributed by atoms with Gasteiger partial charge in [-0.25, -0.2) is 0 Å². The van der Waals surface area contributed by atoms with E-state index in [1.807, 2.05) is 60.8 Å². The van der Waals surface area contributed by atoms with Crippen molar-refractivity contribution in [2.45, 2.75) is 12.8 Å². The Bertz CT molecular complexity index is 910. The van der Waals surface area contributed by atoms with Crippen LogP contribution in [0, 0.1) is 0 Å². The summed E-state index contributed by atoms with van der Waals surface area (Å²) in [7, 11) is 3.43. The second-order valence-electron chi connectivity index (χ2n) is 6.67. The lowest BCUT2D eigenvalue weighted by atomic mass is 10.1. The van der Waals surface area contributed by atoms with E-state index in [-0.39, 0.29) is 0 Å². The van der Waals surface area contributed by atoms with E-state index in [1.165, 1.54) is 5.56 Å². The first kappa shape index (κ1) is 21.2. The van der Waals surface area contributed by atoms with E-state index in [9.17, 15) is 0 Å². The number of aliphatic imine (C=N–C) groups is 1. The second kappa shape index (κ2) is 11.5. The van der Waals surface area contributed by atoms with Gasteiger partial charge in [-0.05, 0) is 60.5 Å². The second-order valence-corrected chi connectivity index (χ2v) is 6.67. The minimum atomic E-state index is 0.783. The number of guanidine groups is 1. The van der Waals surface area contributed by atoms with Gasteiger partial charge in [-0.2, -0.15) is 0 Å². The van der Waals surface area contributed by atoms with Crippen LogP contribution in [0.2, 0.25) is 0 Å². The SMILES string of the molecule is CN=C(NCCc1ccc(Oc2ccc(OC)cc2)cc1)NCCc1ccccn1.